The van der Waals surface area contributed by atoms with Gasteiger partial charge in [-0.2, -0.15) is 0 Å². The first-order valence-electron chi connectivity index (χ1n) is 35.1. The Bertz CT molecular complexity index is 1530. The van der Waals surface area contributed by atoms with Crippen molar-refractivity contribution < 1.29 is 28.6 Å². The molecule has 0 N–H and O–H groups in total. The standard InChI is InChI=1S/C75H132O6/c1-4-7-10-13-16-19-22-25-28-31-32-33-34-35-36-37-38-39-40-41-42-45-47-50-53-56-59-62-65-68-74(77)80-71-72(81-75(78)69-66-63-60-57-54-51-48-44-30-27-24-21-18-15-12-9-6-3)70-79-73(76)67-64-61-58-55-52-49-46-43-29-26-23-20-17-14-11-8-5-2/h9,12,17-18,20-22,25-27,29-32,72H,4-8,10-11,13-16,19,23-24,28,33-71H2,1-3H3/b12-9-,20-17-,21-18-,25-22-,29-26-,30-27-,32-31-. The van der Waals surface area contributed by atoms with E-state index in [2.05, 4.69) is 106 Å². The summed E-state index contributed by atoms with van der Waals surface area (Å²) in [6.45, 7) is 6.52. The van der Waals surface area contributed by atoms with Gasteiger partial charge in [-0.25, -0.2) is 0 Å². The third kappa shape index (κ3) is 67.3. The van der Waals surface area contributed by atoms with Crippen LogP contribution in [0.5, 0.6) is 0 Å². The highest BCUT2D eigenvalue weighted by atomic mass is 16.6. The predicted molar refractivity (Wildman–Crippen MR) is 353 cm³/mol. The summed E-state index contributed by atoms with van der Waals surface area (Å²) in [6.07, 6.45) is 91.8. The van der Waals surface area contributed by atoms with Crippen LogP contribution >= 0.6 is 0 Å². The topological polar surface area (TPSA) is 78.9 Å². The average molecular weight is 1130 g/mol. The molecule has 0 aliphatic rings. The van der Waals surface area contributed by atoms with Crippen LogP contribution in [-0.2, 0) is 28.6 Å². The molecule has 0 radical (unpaired) electrons. The number of rotatable bonds is 64. The number of hydrogen-bond donors (Lipinski definition) is 0. The first kappa shape index (κ1) is 77.6. The quantitative estimate of drug-likeness (QED) is 0.0261. The molecule has 0 bridgehead atoms. The fourth-order valence-electron chi connectivity index (χ4n) is 10.1. The van der Waals surface area contributed by atoms with Gasteiger partial charge in [-0.1, -0.05) is 305 Å². The van der Waals surface area contributed by atoms with Crippen LogP contribution in [0.3, 0.4) is 0 Å². The normalized spacial score (nSPS) is 12.6. The van der Waals surface area contributed by atoms with Crippen LogP contribution in [0.15, 0.2) is 85.1 Å². The Kier molecular flexibility index (Phi) is 66.2. The van der Waals surface area contributed by atoms with E-state index in [0.29, 0.717) is 19.3 Å². The fourth-order valence-corrected chi connectivity index (χ4v) is 10.1. The lowest BCUT2D eigenvalue weighted by Gasteiger charge is -2.18. The van der Waals surface area contributed by atoms with Crippen molar-refractivity contribution in [3.8, 4) is 0 Å². The lowest BCUT2D eigenvalue weighted by Crippen LogP contribution is -2.30. The van der Waals surface area contributed by atoms with Gasteiger partial charge in [0.15, 0.2) is 6.10 Å². The third-order valence-corrected chi connectivity index (χ3v) is 15.4. The van der Waals surface area contributed by atoms with E-state index in [9.17, 15) is 14.4 Å². The van der Waals surface area contributed by atoms with Gasteiger partial charge >= 0.3 is 17.9 Å². The largest absolute Gasteiger partial charge is 0.462 e. The van der Waals surface area contributed by atoms with E-state index in [1.807, 2.05) is 0 Å². The second kappa shape index (κ2) is 69.1. The first-order valence-corrected chi connectivity index (χ1v) is 35.1. The summed E-state index contributed by atoms with van der Waals surface area (Å²) >= 11 is 0. The molecule has 0 aliphatic heterocycles. The molecule has 6 nitrogen and oxygen atoms in total. The number of carbonyl (C=O) groups is 3. The summed E-state index contributed by atoms with van der Waals surface area (Å²) in [5, 5.41) is 0. The number of esters is 3. The van der Waals surface area contributed by atoms with Crippen molar-refractivity contribution in [1.29, 1.82) is 0 Å². The van der Waals surface area contributed by atoms with Gasteiger partial charge in [0.2, 0.25) is 0 Å². The molecule has 0 spiro atoms. The van der Waals surface area contributed by atoms with E-state index in [1.165, 1.54) is 212 Å². The van der Waals surface area contributed by atoms with Crippen molar-refractivity contribution in [2.75, 3.05) is 13.2 Å². The average Bonchev–Trinajstić information content (AvgIpc) is 3.47. The molecule has 0 heterocycles. The molecule has 0 aromatic rings. The molecule has 0 aliphatic carbocycles. The van der Waals surface area contributed by atoms with Gasteiger partial charge in [0, 0.05) is 19.3 Å². The Morgan fingerprint density at radius 1 is 0.259 bits per heavy atom. The zero-order valence-corrected chi connectivity index (χ0v) is 53.8. The predicted octanol–water partition coefficient (Wildman–Crippen LogP) is 24.2. The fraction of sp³-hybridized carbons (Fsp3) is 0.773. The van der Waals surface area contributed by atoms with Crippen LogP contribution in [0.2, 0.25) is 0 Å². The summed E-state index contributed by atoms with van der Waals surface area (Å²) in [5.41, 5.74) is 0. The van der Waals surface area contributed by atoms with Gasteiger partial charge in [0.1, 0.15) is 13.2 Å². The maximum Gasteiger partial charge on any atom is 0.306 e. The van der Waals surface area contributed by atoms with E-state index < -0.39 is 6.10 Å². The third-order valence-electron chi connectivity index (χ3n) is 15.4. The van der Waals surface area contributed by atoms with Crippen LogP contribution in [-0.4, -0.2) is 37.2 Å². The number of ether oxygens (including phenoxy) is 3. The minimum Gasteiger partial charge on any atom is -0.462 e. The zero-order valence-electron chi connectivity index (χ0n) is 53.8. The Labute approximate surface area is 503 Å². The molecule has 0 aromatic carbocycles. The van der Waals surface area contributed by atoms with Crippen LogP contribution in [0.25, 0.3) is 0 Å². The molecule has 0 aromatic heterocycles. The van der Waals surface area contributed by atoms with E-state index in [-0.39, 0.29) is 31.1 Å². The number of carbonyl (C=O) groups excluding carboxylic acids is 3. The highest BCUT2D eigenvalue weighted by Gasteiger charge is 2.19. The Morgan fingerprint density at radius 2 is 0.481 bits per heavy atom. The van der Waals surface area contributed by atoms with Gasteiger partial charge < -0.3 is 14.2 Å². The summed E-state index contributed by atoms with van der Waals surface area (Å²) in [4.78, 5) is 38.4. The summed E-state index contributed by atoms with van der Waals surface area (Å²) in [7, 11) is 0. The molecule has 0 amide bonds. The van der Waals surface area contributed by atoms with Crippen LogP contribution < -0.4 is 0 Å². The second-order valence-corrected chi connectivity index (χ2v) is 23.4. The van der Waals surface area contributed by atoms with Crippen molar-refractivity contribution in [2.24, 2.45) is 0 Å². The van der Waals surface area contributed by atoms with Crippen molar-refractivity contribution in [3.63, 3.8) is 0 Å². The Morgan fingerprint density at radius 3 is 0.778 bits per heavy atom. The first-order chi connectivity index (χ1) is 40.0. The molecule has 0 saturated carbocycles. The number of hydrogen-bond acceptors (Lipinski definition) is 6. The lowest BCUT2D eigenvalue weighted by atomic mass is 10.0. The maximum atomic E-state index is 12.9. The minimum absolute atomic E-state index is 0.0807. The Hall–Kier alpha value is -3.41. The molecule has 0 fully saturated rings. The van der Waals surface area contributed by atoms with E-state index in [4.69, 9.17) is 14.2 Å². The lowest BCUT2D eigenvalue weighted by molar-refractivity contribution is -0.167. The maximum absolute atomic E-state index is 12.9. The van der Waals surface area contributed by atoms with Gasteiger partial charge in [0.25, 0.3) is 0 Å². The van der Waals surface area contributed by atoms with Crippen LogP contribution in [0.1, 0.15) is 355 Å². The molecule has 1 atom stereocenters. The van der Waals surface area contributed by atoms with Crippen molar-refractivity contribution in [1.82, 2.24) is 0 Å². The summed E-state index contributed by atoms with van der Waals surface area (Å²) < 4.78 is 17.0. The highest BCUT2D eigenvalue weighted by molar-refractivity contribution is 5.71. The number of unbranched alkanes of at least 4 members (excludes halogenated alkanes) is 39. The molecule has 81 heavy (non-hydrogen) atoms. The minimum atomic E-state index is -0.786. The Balaban J connectivity index is 4.27. The molecular formula is C75H132O6. The van der Waals surface area contributed by atoms with Gasteiger partial charge in [-0.3, -0.25) is 14.4 Å². The molecule has 468 valence electrons. The molecule has 0 saturated heterocycles. The highest BCUT2D eigenvalue weighted by Crippen LogP contribution is 2.17. The summed E-state index contributed by atoms with van der Waals surface area (Å²) in [6, 6.07) is 0. The van der Waals surface area contributed by atoms with Gasteiger partial charge in [0.05, 0.1) is 0 Å². The van der Waals surface area contributed by atoms with Crippen molar-refractivity contribution in [3.05, 3.63) is 85.1 Å². The molecule has 0 rings (SSSR count). The van der Waals surface area contributed by atoms with E-state index >= 15 is 0 Å². The zero-order chi connectivity index (χ0) is 58.5. The van der Waals surface area contributed by atoms with E-state index in [1.54, 1.807) is 0 Å². The van der Waals surface area contributed by atoms with E-state index in [0.717, 1.165) is 103 Å². The van der Waals surface area contributed by atoms with Crippen LogP contribution in [0, 0.1) is 0 Å². The van der Waals surface area contributed by atoms with Crippen molar-refractivity contribution in [2.45, 2.75) is 361 Å². The van der Waals surface area contributed by atoms with Gasteiger partial charge in [-0.05, 0) is 116 Å². The van der Waals surface area contributed by atoms with Gasteiger partial charge in [-0.15, -0.1) is 0 Å². The smallest absolute Gasteiger partial charge is 0.306 e. The second-order valence-electron chi connectivity index (χ2n) is 23.4. The molecular weight excluding hydrogens is 997 g/mol. The summed E-state index contributed by atoms with van der Waals surface area (Å²) in [5.74, 6) is -0.881. The monoisotopic (exact) mass is 1130 g/mol. The molecule has 1 unspecified atom stereocenters. The SMILES string of the molecule is CC/C=C\C/C=C\C/C=C\CCCCCCCCCC(=O)OC(COC(=O)CCCCCCCCC/C=C\C/C=C\CCCCC)COC(=O)CCCCCCCCCCCCCCCCCCC/C=C\C/C=C\CCCCCCC. The number of allylic oxidation sites excluding steroid dienone is 14. The molecule has 6 heteroatoms. The van der Waals surface area contributed by atoms with Crippen LogP contribution in [0.4, 0.5) is 0 Å². The van der Waals surface area contributed by atoms with Crippen molar-refractivity contribution >= 4 is 17.9 Å².